The second kappa shape index (κ2) is 7.65. The molecule has 2 aromatic heterocycles. The molecule has 1 amide bonds. The molecule has 164 valence electrons. The molecule has 4 rings (SSSR count). The Morgan fingerprint density at radius 2 is 2.10 bits per heavy atom. The number of benzene rings is 1. The molecular weight excluding hydrogens is 444 g/mol. The van der Waals surface area contributed by atoms with E-state index < -0.39 is 36.1 Å². The lowest BCUT2D eigenvalue weighted by molar-refractivity contribution is -0.161. The van der Waals surface area contributed by atoms with Gasteiger partial charge in [-0.15, -0.1) is 5.10 Å². The van der Waals surface area contributed by atoms with E-state index in [0.717, 1.165) is 16.8 Å². The number of aromatic nitrogens is 3. The van der Waals surface area contributed by atoms with E-state index in [9.17, 15) is 27.2 Å². The number of nitrogens with zero attached hydrogens (tertiary/aromatic N) is 2. The Bertz CT molecular complexity index is 1230. The molecule has 0 bridgehead atoms. The lowest BCUT2D eigenvalue weighted by Crippen LogP contribution is -2.47. The summed E-state index contributed by atoms with van der Waals surface area (Å²) < 4.78 is 53.7. The highest BCUT2D eigenvalue weighted by Crippen LogP contribution is 2.43. The maximum atomic E-state index is 13.8. The number of amides is 1. The Hall–Kier alpha value is -2.92. The number of rotatable bonds is 5. The first-order valence-electron chi connectivity index (χ1n) is 9.19. The van der Waals surface area contributed by atoms with Gasteiger partial charge in [0.1, 0.15) is 17.4 Å². The topological polar surface area (TPSA) is 99.5 Å². The van der Waals surface area contributed by atoms with Crippen LogP contribution in [0.5, 0.6) is 0 Å². The largest absolute Gasteiger partial charge is 0.410 e. The lowest BCUT2D eigenvalue weighted by atomic mass is 10.1. The van der Waals surface area contributed by atoms with Gasteiger partial charge in [0, 0.05) is 17.3 Å². The summed E-state index contributed by atoms with van der Waals surface area (Å²) in [6.07, 6.45) is -2.36. The number of carbonyl (C=O) groups is 1. The van der Waals surface area contributed by atoms with Gasteiger partial charge in [0.25, 0.3) is 11.5 Å². The van der Waals surface area contributed by atoms with Gasteiger partial charge in [-0.3, -0.25) is 9.59 Å². The Balaban J connectivity index is 1.81. The zero-order valence-electron chi connectivity index (χ0n) is 15.6. The molecule has 3 N–H and O–H groups in total. The van der Waals surface area contributed by atoms with Gasteiger partial charge >= 0.3 is 6.18 Å². The van der Waals surface area contributed by atoms with Crippen molar-refractivity contribution in [3.05, 3.63) is 56.7 Å². The van der Waals surface area contributed by atoms with E-state index in [4.69, 9.17) is 16.7 Å². The van der Waals surface area contributed by atoms with Gasteiger partial charge in [0.05, 0.1) is 17.2 Å². The number of hydrogen-bond acceptors (Lipinski definition) is 4. The van der Waals surface area contributed by atoms with Crippen LogP contribution in [-0.4, -0.2) is 44.4 Å². The van der Waals surface area contributed by atoms with Crippen molar-refractivity contribution < 1.29 is 27.5 Å². The van der Waals surface area contributed by atoms with Crippen LogP contribution in [-0.2, 0) is 0 Å². The van der Waals surface area contributed by atoms with E-state index in [1.807, 2.05) is 0 Å². The number of halogens is 5. The third-order valence-corrected chi connectivity index (χ3v) is 5.29. The molecule has 0 radical (unpaired) electrons. The fourth-order valence-electron chi connectivity index (χ4n) is 3.32. The van der Waals surface area contributed by atoms with Gasteiger partial charge in [0.2, 0.25) is 0 Å². The summed E-state index contributed by atoms with van der Waals surface area (Å²) in [7, 11) is 0. The van der Waals surface area contributed by atoms with Crippen LogP contribution < -0.4 is 10.9 Å². The van der Waals surface area contributed by atoms with E-state index in [-0.39, 0.29) is 33.4 Å². The fourth-order valence-corrected chi connectivity index (χ4v) is 3.44. The molecule has 1 saturated carbocycles. The van der Waals surface area contributed by atoms with Crippen LogP contribution in [0.1, 0.15) is 34.7 Å². The monoisotopic (exact) mass is 458 g/mol. The summed E-state index contributed by atoms with van der Waals surface area (Å²) in [5.74, 6) is -2.00. The maximum Gasteiger partial charge on any atom is 0.410 e. The predicted octanol–water partition coefficient (Wildman–Crippen LogP) is 3.01. The quantitative estimate of drug-likeness (QED) is 0.512. The Morgan fingerprint density at radius 3 is 2.68 bits per heavy atom. The van der Waals surface area contributed by atoms with Gasteiger partial charge in [-0.25, -0.2) is 8.91 Å². The first-order chi connectivity index (χ1) is 14.6. The highest BCUT2D eigenvalue weighted by molar-refractivity contribution is 6.30. The number of alkyl halides is 3. The van der Waals surface area contributed by atoms with Crippen molar-refractivity contribution in [1.29, 1.82) is 0 Å². The Kier molecular flexibility index (Phi) is 5.26. The average molecular weight is 459 g/mol. The van der Waals surface area contributed by atoms with Gasteiger partial charge < -0.3 is 15.4 Å². The molecule has 1 unspecified atom stereocenters. The van der Waals surface area contributed by atoms with Crippen molar-refractivity contribution in [2.24, 2.45) is 0 Å². The molecular formula is C19H15ClF4N4O3. The summed E-state index contributed by atoms with van der Waals surface area (Å²) >= 11 is 5.67. The minimum atomic E-state index is -4.84. The third-order valence-electron chi connectivity index (χ3n) is 4.99. The average Bonchev–Trinajstić information content (AvgIpc) is 3.46. The van der Waals surface area contributed by atoms with Crippen molar-refractivity contribution in [3.63, 3.8) is 0 Å². The molecule has 1 aliphatic rings. The van der Waals surface area contributed by atoms with Crippen LogP contribution in [0.15, 0.2) is 29.2 Å². The number of aromatic amines is 1. The highest BCUT2D eigenvalue weighted by atomic mass is 35.5. The summed E-state index contributed by atoms with van der Waals surface area (Å²) in [6.45, 7) is -1.33. The molecule has 31 heavy (non-hydrogen) atoms. The van der Waals surface area contributed by atoms with Crippen LogP contribution in [0.2, 0.25) is 5.02 Å². The number of nitrogens with one attached hydrogen (secondary N) is 2. The Labute approximate surface area is 176 Å². The van der Waals surface area contributed by atoms with Crippen molar-refractivity contribution >= 4 is 23.0 Å². The van der Waals surface area contributed by atoms with E-state index >= 15 is 0 Å². The lowest BCUT2D eigenvalue weighted by Gasteiger charge is -2.19. The molecule has 0 aliphatic heterocycles. The number of hydrogen-bond donors (Lipinski definition) is 3. The Morgan fingerprint density at radius 1 is 1.39 bits per heavy atom. The second-order valence-electron chi connectivity index (χ2n) is 7.21. The van der Waals surface area contributed by atoms with Crippen LogP contribution in [0.3, 0.4) is 0 Å². The second-order valence-corrected chi connectivity index (χ2v) is 7.61. The summed E-state index contributed by atoms with van der Waals surface area (Å²) in [5, 5.41) is 14.8. The van der Waals surface area contributed by atoms with E-state index in [1.54, 1.807) is 5.32 Å². The smallest absolute Gasteiger partial charge is 0.394 e. The van der Waals surface area contributed by atoms with E-state index in [2.05, 4.69) is 10.1 Å². The van der Waals surface area contributed by atoms with E-state index in [0.29, 0.717) is 18.4 Å². The standard InChI is InChI=1S/C19H15ClF4N4O3/c20-11-4-3-9(5-12(11)21)16-26-18(31)15-14(8-1-2-8)10(6-28(15)27-16)17(30)25-13(7-29)19(22,23)24/h3-6,8,13,29H,1-2,7H2,(H,25,30)(H,26,27,31). The minimum Gasteiger partial charge on any atom is -0.394 e. The predicted molar refractivity (Wildman–Crippen MR) is 103 cm³/mol. The molecule has 7 nitrogen and oxygen atoms in total. The zero-order chi connectivity index (χ0) is 22.5. The molecule has 0 spiro atoms. The number of fused-ring (bicyclic) bond motifs is 1. The SMILES string of the molecule is O=C(NC(CO)C(F)(F)F)c1cn2nc(-c3ccc(Cl)c(F)c3)[nH]c(=O)c2c1C1CC1. The maximum absolute atomic E-state index is 13.8. The highest BCUT2D eigenvalue weighted by Gasteiger charge is 2.41. The fraction of sp³-hybridized carbons (Fsp3) is 0.316. The number of carbonyl (C=O) groups excluding carboxylic acids is 1. The first-order valence-corrected chi connectivity index (χ1v) is 9.57. The normalized spacial score (nSPS) is 15.3. The zero-order valence-corrected chi connectivity index (χ0v) is 16.4. The van der Waals surface area contributed by atoms with Crippen molar-refractivity contribution in [2.45, 2.75) is 31.0 Å². The number of aliphatic hydroxyl groups is 1. The van der Waals surface area contributed by atoms with Crippen LogP contribution in [0, 0.1) is 5.82 Å². The number of aliphatic hydroxyl groups excluding tert-OH is 1. The molecule has 3 aromatic rings. The van der Waals surface area contributed by atoms with Gasteiger partial charge in [-0.2, -0.15) is 13.2 Å². The molecule has 1 fully saturated rings. The summed E-state index contributed by atoms with van der Waals surface area (Å²) in [5.41, 5.74) is -0.234. The molecule has 1 aromatic carbocycles. The van der Waals surface area contributed by atoms with Gasteiger partial charge in [0.15, 0.2) is 5.82 Å². The minimum absolute atomic E-state index is 0.0131. The van der Waals surface area contributed by atoms with Crippen LogP contribution in [0.4, 0.5) is 17.6 Å². The van der Waals surface area contributed by atoms with Crippen molar-refractivity contribution in [1.82, 2.24) is 19.9 Å². The van der Waals surface area contributed by atoms with E-state index in [1.165, 1.54) is 12.1 Å². The first kappa shape index (κ1) is 21.3. The summed E-state index contributed by atoms with van der Waals surface area (Å²) in [4.78, 5) is 27.9. The van der Waals surface area contributed by atoms with Gasteiger partial charge in [-0.1, -0.05) is 11.6 Å². The molecule has 1 aliphatic carbocycles. The van der Waals surface area contributed by atoms with Crippen molar-refractivity contribution in [3.8, 4) is 11.4 Å². The molecule has 1 atom stereocenters. The number of H-pyrrole nitrogens is 1. The molecule has 0 saturated heterocycles. The summed E-state index contributed by atoms with van der Waals surface area (Å²) in [6, 6.07) is 1.34. The molecule has 12 heteroatoms. The van der Waals surface area contributed by atoms with Crippen molar-refractivity contribution in [2.75, 3.05) is 6.61 Å². The third kappa shape index (κ3) is 4.02. The van der Waals surface area contributed by atoms with Gasteiger partial charge in [-0.05, 0) is 37.0 Å². The van der Waals surface area contributed by atoms with Crippen LogP contribution in [0.25, 0.3) is 16.9 Å². The molecule has 2 heterocycles. The van der Waals surface area contributed by atoms with Crippen LogP contribution >= 0.6 is 11.6 Å².